The molecule has 0 aliphatic heterocycles. The second-order valence-electron chi connectivity index (χ2n) is 10.4. The second-order valence-corrected chi connectivity index (χ2v) is 12.1. The van der Waals surface area contributed by atoms with Crippen molar-refractivity contribution in [3.63, 3.8) is 0 Å². The predicted octanol–water partition coefficient (Wildman–Crippen LogP) is 6.22. The van der Waals surface area contributed by atoms with Crippen molar-refractivity contribution in [1.82, 2.24) is 29.1 Å². The third-order valence-corrected chi connectivity index (χ3v) is 8.39. The SMILES string of the molecule is C[C@@H](N)c1cc(Cl)ccc1Cn1c(=S)[nH]c(=O)c2[nH]ccc21.C[C@@H](N)c1cc(Cl)ccc1Cn1c(=S)[nH]c(=O)c2[nH]ccc21. The largest absolute Gasteiger partial charge is 0.355 e. The lowest BCUT2D eigenvalue weighted by atomic mass is 10.0. The molecule has 6 aromatic rings. The number of nitrogens with one attached hydrogen (secondary N) is 4. The first-order valence-corrected chi connectivity index (χ1v) is 15.2. The first-order chi connectivity index (χ1) is 20.9. The number of aromatic amines is 4. The quantitative estimate of drug-likeness (QED) is 0.116. The van der Waals surface area contributed by atoms with Crippen LogP contribution in [-0.4, -0.2) is 29.1 Å². The number of fused-ring (bicyclic) bond motifs is 2. The molecule has 0 saturated heterocycles. The third kappa shape index (κ3) is 6.50. The Morgan fingerprint density at radius 3 is 1.45 bits per heavy atom. The van der Waals surface area contributed by atoms with Crippen LogP contribution >= 0.6 is 47.6 Å². The Bertz CT molecular complexity index is 2070. The van der Waals surface area contributed by atoms with Crippen molar-refractivity contribution in [2.45, 2.75) is 39.0 Å². The van der Waals surface area contributed by atoms with Crippen molar-refractivity contribution in [3.05, 3.63) is 123 Å². The molecular weight excluding hydrogens is 639 g/mol. The van der Waals surface area contributed by atoms with Crippen molar-refractivity contribution in [2.75, 3.05) is 0 Å². The smallest absolute Gasteiger partial charge is 0.276 e. The number of nitrogens with zero attached hydrogens (tertiary/aromatic N) is 2. The summed E-state index contributed by atoms with van der Waals surface area (Å²) in [5.41, 5.74) is 18.1. The lowest BCUT2D eigenvalue weighted by molar-refractivity contribution is 0.742. The lowest BCUT2D eigenvalue weighted by Gasteiger charge is -2.15. The summed E-state index contributed by atoms with van der Waals surface area (Å²) in [6.07, 6.45) is 3.44. The van der Waals surface area contributed by atoms with E-state index >= 15 is 0 Å². The molecule has 4 aromatic heterocycles. The molecule has 2 atom stereocenters. The van der Waals surface area contributed by atoms with E-state index < -0.39 is 0 Å². The molecule has 2 aromatic carbocycles. The number of aromatic nitrogens is 6. The van der Waals surface area contributed by atoms with Gasteiger partial charge in [-0.3, -0.25) is 19.6 Å². The molecule has 0 aliphatic rings. The standard InChI is InChI=1S/2C15H15ClN4OS/c2*1-8(17)11-6-10(16)3-2-9(11)7-20-12-4-5-18-13(12)14(21)19-15(20)22/h2*2-6,8,18H,7,17H2,1H3,(H,19,21,22)/t2*8-/m11/s1. The molecule has 0 amide bonds. The maximum Gasteiger partial charge on any atom is 0.276 e. The number of hydrogen-bond acceptors (Lipinski definition) is 6. The van der Waals surface area contributed by atoms with E-state index in [-0.39, 0.29) is 23.2 Å². The molecule has 8 N–H and O–H groups in total. The Hall–Kier alpha value is -3.78. The zero-order chi connectivity index (χ0) is 31.7. The van der Waals surface area contributed by atoms with Crippen LogP contribution in [0.4, 0.5) is 0 Å². The van der Waals surface area contributed by atoms with Gasteiger partial charge in [-0.2, -0.15) is 0 Å². The van der Waals surface area contributed by atoms with Crippen LogP contribution in [0.15, 0.2) is 70.5 Å². The minimum atomic E-state index is -0.218. The van der Waals surface area contributed by atoms with Gasteiger partial charge in [0.25, 0.3) is 11.1 Å². The van der Waals surface area contributed by atoms with Crippen LogP contribution in [0.25, 0.3) is 22.1 Å². The zero-order valence-corrected chi connectivity index (χ0v) is 26.9. The molecule has 0 unspecified atom stereocenters. The highest BCUT2D eigenvalue weighted by Gasteiger charge is 2.13. The van der Waals surface area contributed by atoms with Crippen molar-refractivity contribution < 1.29 is 0 Å². The van der Waals surface area contributed by atoms with Crippen LogP contribution < -0.4 is 22.6 Å². The van der Waals surface area contributed by atoms with E-state index in [0.29, 0.717) is 43.7 Å². The Morgan fingerprint density at radius 1 is 0.705 bits per heavy atom. The van der Waals surface area contributed by atoms with Gasteiger partial charge in [0.05, 0.1) is 24.1 Å². The minimum absolute atomic E-state index is 0.146. The topological polar surface area (TPSA) is 159 Å². The van der Waals surface area contributed by atoms with Crippen molar-refractivity contribution in [1.29, 1.82) is 0 Å². The average molecular weight is 670 g/mol. The number of rotatable bonds is 6. The van der Waals surface area contributed by atoms with E-state index in [0.717, 1.165) is 33.3 Å². The van der Waals surface area contributed by atoms with Gasteiger partial charge in [0, 0.05) is 34.5 Å². The fraction of sp³-hybridized carbons (Fsp3) is 0.200. The molecule has 0 aliphatic carbocycles. The second kappa shape index (κ2) is 13.1. The van der Waals surface area contributed by atoms with Gasteiger partial charge in [-0.25, -0.2) is 0 Å². The number of halogens is 2. The third-order valence-electron chi connectivity index (χ3n) is 7.27. The summed E-state index contributed by atoms with van der Waals surface area (Å²) in [4.78, 5) is 35.0. The monoisotopic (exact) mass is 668 g/mol. The fourth-order valence-corrected chi connectivity index (χ4v) is 6.00. The van der Waals surface area contributed by atoms with Gasteiger partial charge in [0.2, 0.25) is 0 Å². The molecule has 6 rings (SSSR count). The average Bonchev–Trinajstić information content (AvgIpc) is 3.66. The molecule has 0 fully saturated rings. The Balaban J connectivity index is 0.000000175. The van der Waals surface area contributed by atoms with Crippen molar-refractivity contribution >= 4 is 69.7 Å². The first-order valence-electron chi connectivity index (χ1n) is 13.6. The zero-order valence-electron chi connectivity index (χ0n) is 23.8. The molecule has 44 heavy (non-hydrogen) atoms. The maximum absolute atomic E-state index is 11.9. The van der Waals surface area contributed by atoms with Gasteiger partial charge in [-0.05, 0) is 96.9 Å². The molecule has 228 valence electrons. The van der Waals surface area contributed by atoms with Crippen LogP contribution in [0.2, 0.25) is 10.0 Å². The summed E-state index contributed by atoms with van der Waals surface area (Å²) >= 11 is 22.7. The van der Waals surface area contributed by atoms with E-state index in [9.17, 15) is 9.59 Å². The molecule has 0 bridgehead atoms. The highest BCUT2D eigenvalue weighted by Crippen LogP contribution is 2.24. The van der Waals surface area contributed by atoms with Gasteiger partial charge in [0.15, 0.2) is 9.54 Å². The molecule has 10 nitrogen and oxygen atoms in total. The fourth-order valence-electron chi connectivity index (χ4n) is 5.13. The Kier molecular flexibility index (Phi) is 9.39. The molecule has 0 spiro atoms. The van der Waals surface area contributed by atoms with E-state index in [2.05, 4.69) is 19.9 Å². The van der Waals surface area contributed by atoms with E-state index in [4.69, 9.17) is 59.1 Å². The van der Waals surface area contributed by atoms with Crippen molar-refractivity contribution in [3.8, 4) is 0 Å². The molecule has 0 radical (unpaired) electrons. The van der Waals surface area contributed by atoms with E-state index in [1.807, 2.05) is 71.5 Å². The summed E-state index contributed by atoms with van der Waals surface area (Å²) < 4.78 is 4.50. The molecule has 4 heterocycles. The van der Waals surface area contributed by atoms with Crippen LogP contribution in [0.5, 0.6) is 0 Å². The normalized spacial score (nSPS) is 12.7. The van der Waals surface area contributed by atoms with Crippen LogP contribution in [0, 0.1) is 9.54 Å². The molecule has 0 saturated carbocycles. The van der Waals surface area contributed by atoms with Crippen molar-refractivity contribution in [2.24, 2.45) is 11.5 Å². The van der Waals surface area contributed by atoms with E-state index in [1.165, 1.54) is 0 Å². The van der Waals surface area contributed by atoms with Crippen LogP contribution in [-0.2, 0) is 13.1 Å². The summed E-state index contributed by atoms with van der Waals surface area (Å²) in [5, 5.41) is 1.29. The molecule has 14 heteroatoms. The summed E-state index contributed by atoms with van der Waals surface area (Å²) in [7, 11) is 0. The number of benzene rings is 2. The molecular formula is C30H30Cl2N8O2S2. The number of H-pyrrole nitrogens is 4. The lowest BCUT2D eigenvalue weighted by Crippen LogP contribution is -2.16. The van der Waals surface area contributed by atoms with Crippen LogP contribution in [0.3, 0.4) is 0 Å². The first kappa shape index (κ1) is 31.6. The van der Waals surface area contributed by atoms with Crippen LogP contribution in [0.1, 0.15) is 48.2 Å². The van der Waals surface area contributed by atoms with Gasteiger partial charge in [-0.1, -0.05) is 35.3 Å². The summed E-state index contributed by atoms with van der Waals surface area (Å²) in [5.74, 6) is 0. The maximum atomic E-state index is 11.9. The Morgan fingerprint density at radius 2 is 1.09 bits per heavy atom. The highest BCUT2D eigenvalue weighted by molar-refractivity contribution is 7.71. The predicted molar refractivity (Wildman–Crippen MR) is 182 cm³/mol. The van der Waals surface area contributed by atoms with Gasteiger partial charge in [-0.15, -0.1) is 0 Å². The summed E-state index contributed by atoms with van der Waals surface area (Å²) in [6.45, 7) is 4.84. The number of hydrogen-bond donors (Lipinski definition) is 6. The van der Waals surface area contributed by atoms with E-state index in [1.54, 1.807) is 12.4 Å². The highest BCUT2D eigenvalue weighted by atomic mass is 35.5. The summed E-state index contributed by atoms with van der Waals surface area (Å²) in [6, 6.07) is 14.6. The number of nitrogens with two attached hydrogens (primary N) is 2. The van der Waals surface area contributed by atoms with Gasteiger partial charge >= 0.3 is 0 Å². The minimum Gasteiger partial charge on any atom is -0.355 e. The van der Waals surface area contributed by atoms with Gasteiger partial charge < -0.3 is 30.6 Å². The Labute approximate surface area is 271 Å². The van der Waals surface area contributed by atoms with Gasteiger partial charge in [0.1, 0.15) is 11.0 Å².